The summed E-state index contributed by atoms with van der Waals surface area (Å²) in [4.78, 5) is 0.383. The van der Waals surface area contributed by atoms with Crippen LogP contribution in [-0.4, -0.2) is 27.5 Å². The van der Waals surface area contributed by atoms with Crippen molar-refractivity contribution in [2.45, 2.75) is 11.1 Å². The second-order valence-electron chi connectivity index (χ2n) is 3.55. The molecule has 0 fully saturated rings. The van der Waals surface area contributed by atoms with Crippen LogP contribution in [0.3, 0.4) is 0 Å². The van der Waals surface area contributed by atoms with Crippen molar-refractivity contribution in [3.8, 4) is 0 Å². The monoisotopic (exact) mass is 298 g/mol. The van der Waals surface area contributed by atoms with E-state index in [2.05, 4.69) is 4.40 Å². The second kappa shape index (κ2) is 4.13. The van der Waals surface area contributed by atoms with E-state index in [1.807, 2.05) is 0 Å². The number of halogens is 4. The van der Waals surface area contributed by atoms with Gasteiger partial charge < -0.3 is 4.90 Å². The molecular weight excluding hydrogens is 293 g/mol. The smallest absolute Gasteiger partial charge is 0.321 e. The zero-order valence-electron chi connectivity index (χ0n) is 8.65. The number of fused-ring (bicyclic) bond motifs is 1. The minimum atomic E-state index is -4.47. The molecule has 0 aromatic heterocycles. The Morgan fingerprint density at radius 1 is 1.33 bits per heavy atom. The number of benzene rings is 1. The van der Waals surface area contributed by atoms with E-state index in [-0.39, 0.29) is 15.6 Å². The number of anilines is 1. The van der Waals surface area contributed by atoms with Crippen LogP contribution in [0.25, 0.3) is 0 Å². The van der Waals surface area contributed by atoms with Crippen LogP contribution in [0, 0.1) is 0 Å². The Labute approximate surface area is 106 Å². The summed E-state index contributed by atoms with van der Waals surface area (Å²) in [6, 6.07) is 3.61. The molecule has 0 saturated heterocycles. The summed E-state index contributed by atoms with van der Waals surface area (Å²) in [5, 5.41) is 0.112. The second-order valence-corrected chi connectivity index (χ2v) is 5.59. The number of nitrogens with zero attached hydrogens (tertiary/aromatic N) is 2. The van der Waals surface area contributed by atoms with Crippen molar-refractivity contribution in [3.05, 3.63) is 23.2 Å². The van der Waals surface area contributed by atoms with Gasteiger partial charge in [0, 0.05) is 5.02 Å². The molecule has 9 heteroatoms. The maximum absolute atomic E-state index is 12.3. The number of hydrogen-bond acceptors (Lipinski definition) is 3. The van der Waals surface area contributed by atoms with Gasteiger partial charge in [0.1, 0.15) is 17.8 Å². The van der Waals surface area contributed by atoms with Crippen LogP contribution in [0.4, 0.5) is 18.9 Å². The Hall–Kier alpha value is -1.28. The molecule has 1 aromatic rings. The summed E-state index contributed by atoms with van der Waals surface area (Å²) < 4.78 is 63.2. The van der Waals surface area contributed by atoms with Crippen molar-refractivity contribution in [2.75, 3.05) is 11.4 Å². The maximum atomic E-state index is 12.3. The number of hydrogen-bond donors (Lipinski definition) is 0. The predicted octanol–water partition coefficient (Wildman–Crippen LogP) is 2.44. The topological polar surface area (TPSA) is 49.7 Å². The highest BCUT2D eigenvalue weighted by atomic mass is 35.5. The molecule has 98 valence electrons. The fraction of sp³-hybridized carbons (Fsp3) is 0.222. The number of sulfonamides is 1. The molecule has 0 saturated carbocycles. The van der Waals surface area contributed by atoms with E-state index in [1.54, 1.807) is 0 Å². The molecule has 0 bridgehead atoms. The molecule has 0 N–H and O–H groups in total. The van der Waals surface area contributed by atoms with E-state index in [4.69, 9.17) is 11.6 Å². The van der Waals surface area contributed by atoms with E-state index in [1.165, 1.54) is 12.1 Å². The summed E-state index contributed by atoms with van der Waals surface area (Å²) in [6.07, 6.45) is -3.82. The molecule has 2 rings (SSSR count). The minimum absolute atomic E-state index is 0.0910. The largest absolute Gasteiger partial charge is 0.406 e. The fourth-order valence-electron chi connectivity index (χ4n) is 1.49. The van der Waals surface area contributed by atoms with Crippen LogP contribution < -0.4 is 4.90 Å². The lowest BCUT2D eigenvalue weighted by molar-refractivity contribution is -0.117. The zero-order valence-corrected chi connectivity index (χ0v) is 10.2. The van der Waals surface area contributed by atoms with Gasteiger partial charge in [-0.05, 0) is 18.2 Å². The SMILES string of the molecule is O=S1(=O)N=CN(CC(F)(F)F)c2ccc(Cl)cc21. The molecular formula is C9H6ClF3N2O2S. The van der Waals surface area contributed by atoms with Gasteiger partial charge in [0.2, 0.25) is 0 Å². The highest BCUT2D eigenvalue weighted by molar-refractivity contribution is 7.90. The van der Waals surface area contributed by atoms with E-state index in [9.17, 15) is 21.6 Å². The Morgan fingerprint density at radius 3 is 2.61 bits per heavy atom. The molecule has 0 amide bonds. The van der Waals surface area contributed by atoms with Gasteiger partial charge in [-0.3, -0.25) is 0 Å². The van der Waals surface area contributed by atoms with Gasteiger partial charge in [0.15, 0.2) is 0 Å². The lowest BCUT2D eigenvalue weighted by atomic mass is 10.3. The minimum Gasteiger partial charge on any atom is -0.321 e. The fourth-order valence-corrected chi connectivity index (χ4v) is 2.80. The first-order valence-electron chi connectivity index (χ1n) is 4.62. The Kier molecular flexibility index (Phi) is 3.02. The first-order chi connectivity index (χ1) is 8.19. The van der Waals surface area contributed by atoms with Crippen molar-refractivity contribution in [1.29, 1.82) is 0 Å². The molecule has 0 spiro atoms. The van der Waals surface area contributed by atoms with Crippen molar-refractivity contribution in [1.82, 2.24) is 0 Å². The summed E-state index contributed by atoms with van der Waals surface area (Å²) in [6.45, 7) is -1.32. The van der Waals surface area contributed by atoms with Gasteiger partial charge in [0.25, 0.3) is 10.0 Å². The molecule has 18 heavy (non-hydrogen) atoms. The molecule has 1 heterocycles. The lowest BCUT2D eigenvalue weighted by Crippen LogP contribution is -2.36. The van der Waals surface area contributed by atoms with E-state index in [0.29, 0.717) is 11.2 Å². The first kappa shape index (κ1) is 13.2. The maximum Gasteiger partial charge on any atom is 0.406 e. The van der Waals surface area contributed by atoms with Crippen molar-refractivity contribution < 1.29 is 21.6 Å². The van der Waals surface area contributed by atoms with Gasteiger partial charge >= 0.3 is 6.18 Å². The highest BCUT2D eigenvalue weighted by Crippen LogP contribution is 2.33. The molecule has 1 aromatic carbocycles. The van der Waals surface area contributed by atoms with Gasteiger partial charge in [-0.25, -0.2) is 0 Å². The van der Waals surface area contributed by atoms with Crippen LogP contribution in [0.1, 0.15) is 0 Å². The Bertz CT molecular complexity index is 613. The van der Waals surface area contributed by atoms with Gasteiger partial charge in [-0.2, -0.15) is 21.6 Å². The van der Waals surface area contributed by atoms with E-state index < -0.39 is 22.7 Å². The third kappa shape index (κ3) is 2.59. The van der Waals surface area contributed by atoms with Crippen molar-refractivity contribution >= 4 is 33.7 Å². The first-order valence-corrected chi connectivity index (χ1v) is 6.44. The summed E-state index contributed by atoms with van der Waals surface area (Å²) in [5.41, 5.74) is -0.0910. The van der Waals surface area contributed by atoms with E-state index in [0.717, 1.165) is 6.07 Å². The highest BCUT2D eigenvalue weighted by Gasteiger charge is 2.34. The Morgan fingerprint density at radius 2 is 2.00 bits per heavy atom. The number of rotatable bonds is 1. The van der Waals surface area contributed by atoms with Crippen molar-refractivity contribution in [3.63, 3.8) is 0 Å². The summed E-state index contributed by atoms with van der Waals surface area (Å²) in [5.74, 6) is 0. The predicted molar refractivity (Wildman–Crippen MR) is 60.5 cm³/mol. The normalized spacial score (nSPS) is 17.7. The quantitative estimate of drug-likeness (QED) is 0.800. The molecule has 0 radical (unpaired) electrons. The van der Waals surface area contributed by atoms with Crippen LogP contribution in [-0.2, 0) is 10.0 Å². The van der Waals surface area contributed by atoms with Gasteiger partial charge in [0.05, 0.1) is 5.69 Å². The van der Waals surface area contributed by atoms with Crippen LogP contribution >= 0.6 is 11.6 Å². The molecule has 0 atom stereocenters. The Balaban J connectivity index is 2.52. The lowest BCUT2D eigenvalue weighted by Gasteiger charge is -2.25. The summed E-state index contributed by atoms with van der Waals surface area (Å²) in [7, 11) is -3.98. The van der Waals surface area contributed by atoms with Crippen LogP contribution in [0.2, 0.25) is 5.02 Å². The third-order valence-electron chi connectivity index (χ3n) is 2.18. The molecule has 0 unspecified atom stereocenters. The van der Waals surface area contributed by atoms with Crippen molar-refractivity contribution in [2.24, 2.45) is 4.40 Å². The van der Waals surface area contributed by atoms with Crippen LogP contribution in [0.15, 0.2) is 27.5 Å². The average molecular weight is 299 g/mol. The summed E-state index contributed by atoms with van der Waals surface area (Å²) >= 11 is 5.63. The standard InChI is InChI=1S/C9H6ClF3N2O2S/c10-6-1-2-7-8(3-6)18(16,17)14-5-15(7)4-9(11,12)13/h1-3,5H,4H2. The molecule has 4 nitrogen and oxygen atoms in total. The van der Waals surface area contributed by atoms with Gasteiger partial charge in [-0.1, -0.05) is 11.6 Å². The number of alkyl halides is 3. The van der Waals surface area contributed by atoms with E-state index >= 15 is 0 Å². The van der Waals surface area contributed by atoms with Gasteiger partial charge in [-0.15, -0.1) is 4.40 Å². The molecule has 0 aliphatic carbocycles. The third-order valence-corrected chi connectivity index (χ3v) is 3.67. The zero-order chi connectivity index (χ0) is 13.6. The average Bonchev–Trinajstić information content (AvgIpc) is 2.21. The molecule has 1 aliphatic heterocycles. The molecule has 1 aliphatic rings. The van der Waals surface area contributed by atoms with Crippen LogP contribution in [0.5, 0.6) is 0 Å².